The van der Waals surface area contributed by atoms with Crippen molar-refractivity contribution in [2.45, 2.75) is 84.3 Å². The fourth-order valence-corrected chi connectivity index (χ4v) is 4.31. The van der Waals surface area contributed by atoms with Crippen LogP contribution < -0.4 is 10.6 Å². The van der Waals surface area contributed by atoms with E-state index in [1.54, 1.807) is 12.1 Å². The van der Waals surface area contributed by atoms with E-state index in [0.29, 0.717) is 23.2 Å². The molecule has 0 spiro atoms. The molecule has 0 bridgehead atoms. The summed E-state index contributed by atoms with van der Waals surface area (Å²) in [7, 11) is 0. The van der Waals surface area contributed by atoms with E-state index in [0.717, 1.165) is 44.1 Å². The van der Waals surface area contributed by atoms with E-state index in [1.165, 1.54) is 12.8 Å². The molecular weight excluding hydrogens is 368 g/mol. The van der Waals surface area contributed by atoms with Crippen LogP contribution in [0.15, 0.2) is 18.2 Å². The average Bonchev–Trinajstić information content (AvgIpc) is 2.68. The molecule has 0 aromatic heterocycles. The van der Waals surface area contributed by atoms with Crippen molar-refractivity contribution in [3.63, 3.8) is 0 Å². The van der Waals surface area contributed by atoms with Crippen LogP contribution in [0.3, 0.4) is 0 Å². The van der Waals surface area contributed by atoms with E-state index in [9.17, 15) is 9.59 Å². The van der Waals surface area contributed by atoms with Gasteiger partial charge in [0.15, 0.2) is 0 Å². The number of benzene rings is 1. The van der Waals surface area contributed by atoms with Crippen LogP contribution >= 0.6 is 0 Å². The van der Waals surface area contributed by atoms with Gasteiger partial charge in [-0.3, -0.25) is 10.6 Å². The van der Waals surface area contributed by atoms with Crippen molar-refractivity contribution in [1.82, 2.24) is 0 Å². The molecule has 2 amide bonds. The molecule has 0 aliphatic heterocycles. The lowest BCUT2D eigenvalue weighted by molar-refractivity contribution is 0.0521. The number of aryl methyl sites for hydroxylation is 1. The lowest BCUT2D eigenvalue weighted by Gasteiger charge is -2.28. The summed E-state index contributed by atoms with van der Waals surface area (Å²) in [6.45, 7) is 6.17. The Kier molecular flexibility index (Phi) is 7.40. The van der Waals surface area contributed by atoms with Gasteiger partial charge in [0.05, 0.1) is 0 Å². The summed E-state index contributed by atoms with van der Waals surface area (Å²) in [6, 6.07) is 5.41. The van der Waals surface area contributed by atoms with Crippen molar-refractivity contribution in [3.8, 4) is 0 Å². The Bertz CT molecular complexity index is 721. The first-order valence-corrected chi connectivity index (χ1v) is 11.0. The Labute approximate surface area is 173 Å². The minimum atomic E-state index is -0.447. The quantitative estimate of drug-likeness (QED) is 0.624. The molecule has 6 nitrogen and oxygen atoms in total. The van der Waals surface area contributed by atoms with E-state index < -0.39 is 12.2 Å². The van der Waals surface area contributed by atoms with Gasteiger partial charge in [0.25, 0.3) is 0 Å². The summed E-state index contributed by atoms with van der Waals surface area (Å²) < 4.78 is 11.2. The van der Waals surface area contributed by atoms with Crippen LogP contribution in [0.5, 0.6) is 0 Å². The molecule has 160 valence electrons. The largest absolute Gasteiger partial charge is 0.446 e. The van der Waals surface area contributed by atoms with Crippen molar-refractivity contribution in [1.29, 1.82) is 0 Å². The second-order valence-electron chi connectivity index (χ2n) is 8.69. The third-order valence-corrected chi connectivity index (χ3v) is 6.30. The van der Waals surface area contributed by atoms with Crippen molar-refractivity contribution < 1.29 is 19.1 Å². The first-order valence-electron chi connectivity index (χ1n) is 11.0. The molecule has 0 radical (unpaired) electrons. The number of hydrogen-bond donors (Lipinski definition) is 2. The SMILES string of the molecule is Cc1ccc(NC(=O)O[C@@H]2CCCC[C@@H]2C)cc1NC(=O)O[C@H]1CCCC[C@H]1C. The summed E-state index contributed by atoms with van der Waals surface area (Å²) in [4.78, 5) is 24.7. The molecule has 2 saturated carbocycles. The third-order valence-electron chi connectivity index (χ3n) is 6.30. The maximum absolute atomic E-state index is 12.4. The number of carbonyl (C=O) groups excluding carboxylic acids is 2. The zero-order chi connectivity index (χ0) is 20.8. The predicted octanol–water partition coefficient (Wildman–Crippen LogP) is 6.25. The van der Waals surface area contributed by atoms with Crippen LogP contribution in [0.25, 0.3) is 0 Å². The minimum Gasteiger partial charge on any atom is -0.446 e. The van der Waals surface area contributed by atoms with Gasteiger partial charge in [0.2, 0.25) is 0 Å². The molecule has 1 aromatic carbocycles. The first-order chi connectivity index (χ1) is 13.9. The van der Waals surface area contributed by atoms with E-state index in [1.807, 2.05) is 13.0 Å². The summed E-state index contributed by atoms with van der Waals surface area (Å²) in [5.41, 5.74) is 2.12. The van der Waals surface area contributed by atoms with Gasteiger partial charge in [-0.15, -0.1) is 0 Å². The van der Waals surface area contributed by atoms with Gasteiger partial charge >= 0.3 is 12.2 Å². The lowest BCUT2D eigenvalue weighted by Crippen LogP contribution is -2.30. The molecule has 6 heteroatoms. The Balaban J connectivity index is 1.56. The molecule has 2 aliphatic rings. The normalized spacial score (nSPS) is 27.0. The van der Waals surface area contributed by atoms with Gasteiger partial charge in [-0.2, -0.15) is 0 Å². The second kappa shape index (κ2) is 9.99. The van der Waals surface area contributed by atoms with Crippen LogP contribution in [-0.4, -0.2) is 24.4 Å². The van der Waals surface area contributed by atoms with Crippen molar-refractivity contribution >= 4 is 23.6 Å². The van der Waals surface area contributed by atoms with Crippen LogP contribution in [0, 0.1) is 18.8 Å². The monoisotopic (exact) mass is 402 g/mol. The highest BCUT2D eigenvalue weighted by atomic mass is 16.6. The van der Waals surface area contributed by atoms with E-state index >= 15 is 0 Å². The maximum Gasteiger partial charge on any atom is 0.411 e. The molecule has 1 aromatic rings. The molecule has 3 rings (SSSR count). The van der Waals surface area contributed by atoms with Gasteiger partial charge in [0.1, 0.15) is 12.2 Å². The summed E-state index contributed by atoms with van der Waals surface area (Å²) >= 11 is 0. The predicted molar refractivity (Wildman–Crippen MR) is 114 cm³/mol. The number of amides is 2. The standard InChI is InChI=1S/C23H34N2O4/c1-15-12-13-18(24-22(26)28-20-10-6-4-8-16(20)2)14-19(15)25-23(27)29-21-11-7-5-9-17(21)3/h12-14,16-17,20-21H,4-11H2,1-3H3,(H,24,26)(H,25,27)/t16-,17+,20+,21-/m0/s1. The molecule has 0 heterocycles. The zero-order valence-electron chi connectivity index (χ0n) is 17.8. The average molecular weight is 403 g/mol. The number of anilines is 2. The third kappa shape index (κ3) is 6.12. The van der Waals surface area contributed by atoms with Crippen LogP contribution in [-0.2, 0) is 9.47 Å². The topological polar surface area (TPSA) is 76.7 Å². The first kappa shape index (κ1) is 21.5. The fraction of sp³-hybridized carbons (Fsp3) is 0.652. The summed E-state index contributed by atoms with van der Waals surface area (Å²) in [5, 5.41) is 5.61. The Morgan fingerprint density at radius 1 is 0.828 bits per heavy atom. The molecule has 4 atom stereocenters. The molecule has 2 N–H and O–H groups in total. The number of ether oxygens (including phenoxy) is 2. The highest BCUT2D eigenvalue weighted by Gasteiger charge is 2.26. The van der Waals surface area contributed by atoms with E-state index in [4.69, 9.17) is 9.47 Å². The van der Waals surface area contributed by atoms with Gasteiger partial charge in [-0.25, -0.2) is 9.59 Å². The maximum atomic E-state index is 12.4. The molecular formula is C23H34N2O4. The fourth-order valence-electron chi connectivity index (χ4n) is 4.31. The number of carbonyl (C=O) groups is 2. The Morgan fingerprint density at radius 3 is 1.90 bits per heavy atom. The Morgan fingerprint density at radius 2 is 1.34 bits per heavy atom. The smallest absolute Gasteiger partial charge is 0.411 e. The van der Waals surface area contributed by atoms with Gasteiger partial charge in [-0.1, -0.05) is 32.8 Å². The minimum absolute atomic E-state index is 0.0285. The number of hydrogen-bond acceptors (Lipinski definition) is 4. The molecule has 2 fully saturated rings. The highest BCUT2D eigenvalue weighted by molar-refractivity contribution is 5.89. The summed E-state index contributed by atoms with van der Waals surface area (Å²) in [5.74, 6) is 0.780. The summed E-state index contributed by atoms with van der Waals surface area (Å²) in [6.07, 6.45) is 7.68. The van der Waals surface area contributed by atoms with Crippen LogP contribution in [0.4, 0.5) is 21.0 Å². The van der Waals surface area contributed by atoms with Gasteiger partial charge in [0, 0.05) is 11.4 Å². The number of nitrogens with one attached hydrogen (secondary N) is 2. The van der Waals surface area contributed by atoms with Crippen molar-refractivity contribution in [2.24, 2.45) is 11.8 Å². The van der Waals surface area contributed by atoms with Crippen molar-refractivity contribution in [3.05, 3.63) is 23.8 Å². The Hall–Kier alpha value is -2.24. The van der Waals surface area contributed by atoms with Gasteiger partial charge < -0.3 is 9.47 Å². The van der Waals surface area contributed by atoms with Crippen LogP contribution in [0.1, 0.15) is 70.8 Å². The van der Waals surface area contributed by atoms with E-state index in [-0.39, 0.29) is 12.2 Å². The zero-order valence-corrected chi connectivity index (χ0v) is 17.8. The molecule has 0 saturated heterocycles. The highest BCUT2D eigenvalue weighted by Crippen LogP contribution is 2.28. The van der Waals surface area contributed by atoms with Gasteiger partial charge in [-0.05, 0) is 75.0 Å². The lowest BCUT2D eigenvalue weighted by atomic mass is 9.88. The van der Waals surface area contributed by atoms with Crippen molar-refractivity contribution in [2.75, 3.05) is 10.6 Å². The number of rotatable bonds is 4. The molecule has 0 unspecified atom stereocenters. The second-order valence-corrected chi connectivity index (χ2v) is 8.69. The molecule has 2 aliphatic carbocycles. The van der Waals surface area contributed by atoms with Crippen LogP contribution in [0.2, 0.25) is 0 Å². The van der Waals surface area contributed by atoms with E-state index in [2.05, 4.69) is 24.5 Å². The molecule has 29 heavy (non-hydrogen) atoms.